The van der Waals surface area contributed by atoms with E-state index in [2.05, 4.69) is 99.4 Å². The van der Waals surface area contributed by atoms with Gasteiger partial charge in [0, 0.05) is 36.8 Å². The van der Waals surface area contributed by atoms with Gasteiger partial charge < -0.3 is 46.7 Å². The molecular formula is C90H110F6N8O14. The van der Waals surface area contributed by atoms with Crippen LogP contribution in [0.4, 0.5) is 56.9 Å². The lowest BCUT2D eigenvalue weighted by Gasteiger charge is -2.32. The van der Waals surface area contributed by atoms with Crippen molar-refractivity contribution in [1.82, 2.24) is 30.4 Å². The van der Waals surface area contributed by atoms with E-state index in [4.69, 9.17) is 56.7 Å². The first kappa shape index (κ1) is 92.8. The normalized spacial score (nSPS) is 15.8. The van der Waals surface area contributed by atoms with Gasteiger partial charge in [-0.05, 0) is 179 Å². The number of alkyl halides is 6. The zero-order chi connectivity index (χ0) is 87.4. The van der Waals surface area contributed by atoms with Crippen LogP contribution in [0.2, 0.25) is 0 Å². The SMILES string of the molecule is C=CCC[C@@](OCc1ccccc1)(c1nnc(-c2nc(OC(CC=C)Cc3cccc(C(C)(C)C)c3)c(C)cc2N(C(=O)OC(C)(C)C)C(=O)OC(C)(C)C)o1)C(F)(F)F.Cc1cc(N(C(=O)OC(C)(C)C)C(=O)OC(C)(C)C)c2nc1OC(Cc1cccc(C(C)(C)C)c1)CC=CCC[C@](OCc1ccccc1)(C(F)(F)F)c1nnc-2o1. The lowest BCUT2D eigenvalue weighted by Crippen LogP contribution is -2.45. The number of amides is 4. The first-order valence-corrected chi connectivity index (χ1v) is 39.0. The first-order valence-electron chi connectivity index (χ1n) is 39.0. The summed E-state index contributed by atoms with van der Waals surface area (Å²) in [6.45, 7) is 42.0. The maximum atomic E-state index is 15.5. The Kier molecular flexibility index (Phi) is 29.5. The van der Waals surface area contributed by atoms with E-state index in [-0.39, 0.29) is 58.2 Å². The molecule has 8 aromatic rings. The summed E-state index contributed by atoms with van der Waals surface area (Å²) >= 11 is 0. The lowest BCUT2D eigenvalue weighted by molar-refractivity contribution is -0.299. The van der Waals surface area contributed by atoms with Crippen molar-refractivity contribution in [1.29, 1.82) is 0 Å². The number of anilines is 2. The summed E-state index contributed by atoms with van der Waals surface area (Å²) in [6.07, 6.45) is -9.18. The maximum absolute atomic E-state index is 15.5. The van der Waals surface area contributed by atoms with Crippen molar-refractivity contribution in [2.24, 2.45) is 0 Å². The minimum Gasteiger partial charge on any atom is -0.473 e. The van der Waals surface area contributed by atoms with Crippen LogP contribution in [-0.4, -0.2) is 102 Å². The van der Waals surface area contributed by atoms with Gasteiger partial charge in [0.15, 0.2) is 11.4 Å². The molecule has 0 fully saturated rings. The van der Waals surface area contributed by atoms with E-state index in [9.17, 15) is 19.2 Å². The fourth-order valence-electron chi connectivity index (χ4n) is 12.2. The fourth-order valence-corrected chi connectivity index (χ4v) is 12.2. The lowest BCUT2D eigenvalue weighted by atomic mass is 9.85. The number of allylic oxidation sites excluding steroid dienone is 2. The average Bonchev–Trinajstić information content (AvgIpc) is 1.59. The zero-order valence-corrected chi connectivity index (χ0v) is 71.1. The van der Waals surface area contributed by atoms with Gasteiger partial charge in [-0.15, -0.1) is 33.6 Å². The predicted molar refractivity (Wildman–Crippen MR) is 436 cm³/mol. The summed E-state index contributed by atoms with van der Waals surface area (Å²) in [6, 6.07) is 35.9. The van der Waals surface area contributed by atoms with Gasteiger partial charge in [0.05, 0.1) is 24.6 Å². The summed E-state index contributed by atoms with van der Waals surface area (Å²) in [5.74, 6) is -2.83. The van der Waals surface area contributed by atoms with E-state index in [1.165, 1.54) is 18.2 Å². The van der Waals surface area contributed by atoms with Gasteiger partial charge in [-0.3, -0.25) is 0 Å². The van der Waals surface area contributed by atoms with E-state index in [1.54, 1.807) is 176 Å². The van der Waals surface area contributed by atoms with Gasteiger partial charge in [0.1, 0.15) is 34.6 Å². The molecule has 4 bridgehead atoms. The number of hydrogen-bond acceptors (Lipinski definition) is 20. The van der Waals surface area contributed by atoms with Crippen molar-refractivity contribution in [3.05, 3.63) is 215 Å². The summed E-state index contributed by atoms with van der Waals surface area (Å²) < 4.78 is 152. The number of fused-ring (bicyclic) bond motifs is 5. The summed E-state index contributed by atoms with van der Waals surface area (Å²) in [7, 11) is 0. The molecule has 9 rings (SSSR count). The third kappa shape index (κ3) is 24.9. The molecule has 22 nitrogen and oxygen atoms in total. The monoisotopic (exact) mass is 1640 g/mol. The molecule has 0 saturated heterocycles. The quantitative estimate of drug-likeness (QED) is 0.0368. The number of benzene rings is 4. The molecule has 4 amide bonds. The summed E-state index contributed by atoms with van der Waals surface area (Å²) in [4.78, 5) is 66.3. The number of carbonyl (C=O) groups excluding carboxylic acids is 4. The molecule has 0 radical (unpaired) electrons. The Hall–Kier alpha value is -10.7. The Bertz CT molecular complexity index is 4750. The average molecular weight is 1640 g/mol. The smallest absolute Gasteiger partial charge is 0.426 e. The van der Waals surface area contributed by atoms with Crippen LogP contribution in [0, 0.1) is 13.8 Å². The Morgan fingerprint density at radius 1 is 0.551 bits per heavy atom. The maximum Gasteiger partial charge on any atom is 0.426 e. The molecule has 4 atom stereocenters. The second-order valence-corrected chi connectivity index (χ2v) is 35.0. The third-order valence-corrected chi connectivity index (χ3v) is 18.0. The second-order valence-electron chi connectivity index (χ2n) is 35.0. The van der Waals surface area contributed by atoms with Crippen molar-refractivity contribution < 1.29 is 92.2 Å². The van der Waals surface area contributed by atoms with Crippen molar-refractivity contribution in [2.45, 2.75) is 272 Å². The van der Waals surface area contributed by atoms with Crippen LogP contribution in [-0.2, 0) is 76.5 Å². The molecule has 118 heavy (non-hydrogen) atoms. The van der Waals surface area contributed by atoms with Gasteiger partial charge in [0.25, 0.3) is 23.6 Å². The molecule has 1 aliphatic rings. The van der Waals surface area contributed by atoms with Crippen molar-refractivity contribution in [2.75, 3.05) is 9.80 Å². The Labute approximate surface area is 687 Å². The number of nitrogens with zero attached hydrogens (tertiary/aromatic N) is 8. The van der Waals surface area contributed by atoms with Crippen LogP contribution < -0.4 is 19.3 Å². The van der Waals surface area contributed by atoms with Gasteiger partial charge >= 0.3 is 36.7 Å². The molecule has 0 N–H and O–H groups in total. The highest BCUT2D eigenvalue weighted by Gasteiger charge is 2.62. The number of carbonyl (C=O) groups is 4. The Morgan fingerprint density at radius 3 is 1.52 bits per heavy atom. The number of rotatable bonds is 21. The molecule has 0 spiro atoms. The van der Waals surface area contributed by atoms with Crippen LogP contribution in [0.3, 0.4) is 0 Å². The standard InChI is InChI=1S/C46H57F3N4O7.C44H53F3N4O7/c1-13-15-25-45(46(47,48)49,56-29-31-21-17-16-18-22-31)39-52-51-38(58-39)36-35(53(40(54)59-43(7,8)9)41(55)60-44(10,11)12)26-30(3)37(50-36)57-34(20-14-2)28-32-23-19-24-33(27-32)42(4,5)6;1-28-24-33(51(38(52)57-41(5,6)7)39(53)58-42(8,9)10)34-36-49-50-37(56-36)43(44(45,46)47,54-27-29-18-13-11-14-19-29)23-16-12-15-22-32(55-35(28)48-34)26-30-20-17-21-31(25-30)40(2,3)4/h13-14,16-19,21-24,26-27,34H,1-2,15,20,25,28-29H2,3-12H3;11-15,17-21,24-25,32H,16,22-23,26-27H2,1-10H3/t34?,45-;32?,43-/m11/s1. The third-order valence-electron chi connectivity index (χ3n) is 18.0. The van der Waals surface area contributed by atoms with Crippen molar-refractivity contribution >= 4 is 35.7 Å². The molecule has 0 aliphatic carbocycles. The zero-order valence-electron chi connectivity index (χ0n) is 71.1. The van der Waals surface area contributed by atoms with Gasteiger partial charge in [0.2, 0.25) is 23.0 Å². The molecule has 636 valence electrons. The van der Waals surface area contributed by atoms with E-state index in [0.29, 0.717) is 57.7 Å². The van der Waals surface area contributed by atoms with Crippen LogP contribution in [0.5, 0.6) is 11.8 Å². The van der Waals surface area contributed by atoms with Gasteiger partial charge in [-0.2, -0.15) is 36.1 Å². The number of imide groups is 2. The van der Waals surface area contributed by atoms with Crippen molar-refractivity contribution in [3.63, 3.8) is 0 Å². The van der Waals surface area contributed by atoms with E-state index in [0.717, 1.165) is 22.3 Å². The van der Waals surface area contributed by atoms with E-state index < -0.39 is 132 Å². The fraction of sp³-hybridized carbons (Fsp3) is 0.467. The molecule has 2 unspecified atom stereocenters. The molecule has 4 aromatic heterocycles. The molecular weight excluding hydrogens is 1530 g/mol. The highest BCUT2D eigenvalue weighted by Crippen LogP contribution is 2.50. The molecule has 4 aromatic carbocycles. The number of ether oxygens (including phenoxy) is 8. The number of hydrogen-bond donors (Lipinski definition) is 0. The number of aromatic nitrogens is 6. The van der Waals surface area contributed by atoms with Crippen LogP contribution in [0.25, 0.3) is 23.2 Å². The van der Waals surface area contributed by atoms with Gasteiger partial charge in [-0.25, -0.2) is 29.1 Å². The highest BCUT2D eigenvalue weighted by molar-refractivity contribution is 6.12. The predicted octanol–water partition coefficient (Wildman–Crippen LogP) is 23.0. The Morgan fingerprint density at radius 2 is 1.03 bits per heavy atom. The largest absolute Gasteiger partial charge is 0.473 e. The second kappa shape index (κ2) is 37.5. The van der Waals surface area contributed by atoms with Crippen LogP contribution >= 0.6 is 0 Å². The minimum absolute atomic E-state index is 0.0229. The molecule has 1 aliphatic heterocycles. The number of aryl methyl sites for hydroxylation is 2. The number of halogens is 6. The molecule has 28 heteroatoms. The molecule has 0 saturated carbocycles. The highest BCUT2D eigenvalue weighted by atomic mass is 19.4. The van der Waals surface area contributed by atoms with E-state index in [1.807, 2.05) is 24.3 Å². The van der Waals surface area contributed by atoms with Gasteiger partial charge in [-0.1, -0.05) is 175 Å². The van der Waals surface area contributed by atoms with E-state index >= 15 is 26.3 Å². The molecule has 5 heterocycles. The summed E-state index contributed by atoms with van der Waals surface area (Å²) in [5.41, 5.74) is -5.96. The Balaban J connectivity index is 0.000000294. The van der Waals surface area contributed by atoms with Crippen LogP contribution in [0.15, 0.2) is 168 Å². The topological polar surface area (TPSA) is 252 Å². The van der Waals surface area contributed by atoms with Crippen molar-refractivity contribution in [3.8, 4) is 34.9 Å². The summed E-state index contributed by atoms with van der Waals surface area (Å²) in [5, 5.41) is 15.9. The van der Waals surface area contributed by atoms with Crippen LogP contribution in [0.1, 0.15) is 219 Å². The first-order chi connectivity index (χ1) is 54.8. The number of pyridine rings is 2. The minimum atomic E-state index is -5.06.